The number of benzene rings is 1. The fraction of sp³-hybridized carbons (Fsp3) is 0.500. The first-order chi connectivity index (χ1) is 9.95. The molecule has 1 aliphatic heterocycles. The summed E-state index contributed by atoms with van der Waals surface area (Å²) in [5.41, 5.74) is 2.22. The highest BCUT2D eigenvalue weighted by molar-refractivity contribution is 5.76. The minimum Gasteiger partial charge on any atom is -0.481 e. The molecule has 2 unspecified atom stereocenters. The van der Waals surface area contributed by atoms with E-state index in [-0.39, 0.29) is 11.9 Å². The van der Waals surface area contributed by atoms with E-state index in [1.165, 1.54) is 5.56 Å². The molecule has 1 heterocycles. The number of amides is 2. The molecule has 5 nitrogen and oxygen atoms in total. The van der Waals surface area contributed by atoms with Crippen molar-refractivity contribution in [3.05, 3.63) is 35.4 Å². The van der Waals surface area contributed by atoms with Crippen molar-refractivity contribution < 1.29 is 14.7 Å². The second-order valence-electron chi connectivity index (χ2n) is 5.93. The largest absolute Gasteiger partial charge is 0.481 e. The number of carboxylic acid groups (broad SMARTS) is 1. The van der Waals surface area contributed by atoms with Gasteiger partial charge in [0.15, 0.2) is 0 Å². The van der Waals surface area contributed by atoms with E-state index in [4.69, 9.17) is 5.11 Å². The van der Waals surface area contributed by atoms with Crippen molar-refractivity contribution in [1.29, 1.82) is 0 Å². The third-order valence-corrected chi connectivity index (χ3v) is 3.86. The van der Waals surface area contributed by atoms with Gasteiger partial charge in [-0.25, -0.2) is 4.79 Å². The maximum atomic E-state index is 12.2. The minimum atomic E-state index is -0.821. The summed E-state index contributed by atoms with van der Waals surface area (Å²) in [4.78, 5) is 24.9. The summed E-state index contributed by atoms with van der Waals surface area (Å²) in [7, 11) is 0. The number of carboxylic acids is 1. The molecule has 0 saturated carbocycles. The molecule has 0 aliphatic carbocycles. The van der Waals surface area contributed by atoms with Gasteiger partial charge >= 0.3 is 12.0 Å². The summed E-state index contributed by atoms with van der Waals surface area (Å²) in [5, 5.41) is 12.0. The summed E-state index contributed by atoms with van der Waals surface area (Å²) in [6, 6.07) is 7.78. The van der Waals surface area contributed by atoms with Crippen LogP contribution < -0.4 is 5.32 Å². The van der Waals surface area contributed by atoms with Gasteiger partial charge in [0, 0.05) is 19.6 Å². The first-order valence-electron chi connectivity index (χ1n) is 7.27. The van der Waals surface area contributed by atoms with E-state index < -0.39 is 11.9 Å². The molecule has 1 fully saturated rings. The number of carbonyl (C=O) groups excluding carboxylic acids is 1. The Bertz CT molecular complexity index is 513. The Morgan fingerprint density at radius 3 is 2.57 bits per heavy atom. The number of likely N-dealkylation sites (tertiary alicyclic amines) is 1. The van der Waals surface area contributed by atoms with Crippen molar-refractivity contribution >= 4 is 12.0 Å². The van der Waals surface area contributed by atoms with E-state index in [1.54, 1.807) is 4.90 Å². The van der Waals surface area contributed by atoms with Crippen LogP contribution in [-0.4, -0.2) is 35.1 Å². The number of aliphatic carboxylic acids is 1. The lowest BCUT2D eigenvalue weighted by atomic mass is 9.91. The first-order valence-corrected chi connectivity index (χ1v) is 7.27. The molecule has 0 bridgehead atoms. The maximum Gasteiger partial charge on any atom is 0.317 e. The van der Waals surface area contributed by atoms with E-state index in [2.05, 4.69) is 5.32 Å². The quantitative estimate of drug-likeness (QED) is 0.897. The number of nitrogens with one attached hydrogen (secondary N) is 1. The second-order valence-corrected chi connectivity index (χ2v) is 5.93. The van der Waals surface area contributed by atoms with Gasteiger partial charge in [-0.1, -0.05) is 36.8 Å². The van der Waals surface area contributed by atoms with Gasteiger partial charge < -0.3 is 15.3 Å². The zero-order valence-electron chi connectivity index (χ0n) is 12.5. The van der Waals surface area contributed by atoms with Crippen molar-refractivity contribution in [3.63, 3.8) is 0 Å². The van der Waals surface area contributed by atoms with Crippen LogP contribution in [0.3, 0.4) is 0 Å². The fourth-order valence-corrected chi connectivity index (χ4v) is 2.69. The lowest BCUT2D eigenvalue weighted by molar-refractivity contribution is -0.143. The van der Waals surface area contributed by atoms with E-state index in [9.17, 15) is 9.59 Å². The van der Waals surface area contributed by atoms with Gasteiger partial charge in [0.25, 0.3) is 0 Å². The lowest BCUT2D eigenvalue weighted by Gasteiger charge is -2.34. The highest BCUT2D eigenvalue weighted by Crippen LogP contribution is 2.21. The van der Waals surface area contributed by atoms with Crippen LogP contribution in [0.4, 0.5) is 4.79 Å². The molecular weight excluding hydrogens is 268 g/mol. The molecule has 0 radical (unpaired) electrons. The normalized spacial score (nSPS) is 21.9. The minimum absolute atomic E-state index is 0.187. The van der Waals surface area contributed by atoms with E-state index >= 15 is 0 Å². The third kappa shape index (κ3) is 4.21. The second kappa shape index (κ2) is 6.61. The Morgan fingerprint density at radius 2 is 1.95 bits per heavy atom. The Kier molecular flexibility index (Phi) is 4.83. The standard InChI is InChI=1S/C16H22N2O3/c1-11-3-5-13(6-4-11)8-17-16(21)18-9-12(2)7-14(10-18)15(19)20/h3-6,12,14H,7-10H2,1-2H3,(H,17,21)(H,19,20). The molecule has 1 saturated heterocycles. The molecule has 2 atom stereocenters. The summed E-state index contributed by atoms with van der Waals surface area (Å²) in [6.45, 7) is 5.36. The van der Waals surface area contributed by atoms with Crippen molar-refractivity contribution in [2.75, 3.05) is 13.1 Å². The predicted octanol–water partition coefficient (Wildman–Crippen LogP) is 2.25. The molecular formula is C16H22N2O3. The van der Waals surface area contributed by atoms with Crippen molar-refractivity contribution in [1.82, 2.24) is 10.2 Å². The van der Waals surface area contributed by atoms with Crippen LogP contribution in [0.2, 0.25) is 0 Å². The van der Waals surface area contributed by atoms with Gasteiger partial charge in [-0.3, -0.25) is 4.79 Å². The average Bonchev–Trinajstić information content (AvgIpc) is 2.45. The zero-order valence-corrected chi connectivity index (χ0v) is 12.5. The van der Waals surface area contributed by atoms with Crippen molar-refractivity contribution in [3.8, 4) is 0 Å². The fourth-order valence-electron chi connectivity index (χ4n) is 2.69. The van der Waals surface area contributed by atoms with Crippen LogP contribution >= 0.6 is 0 Å². The van der Waals surface area contributed by atoms with Crippen LogP contribution in [0, 0.1) is 18.8 Å². The summed E-state index contributed by atoms with van der Waals surface area (Å²) < 4.78 is 0. The van der Waals surface area contributed by atoms with Gasteiger partial charge in [-0.05, 0) is 24.8 Å². The predicted molar refractivity (Wildman–Crippen MR) is 79.9 cm³/mol. The number of aryl methyl sites for hydroxylation is 1. The zero-order chi connectivity index (χ0) is 15.4. The highest BCUT2D eigenvalue weighted by Gasteiger charge is 2.31. The molecule has 2 N–H and O–H groups in total. The van der Waals surface area contributed by atoms with Crippen molar-refractivity contribution in [2.45, 2.75) is 26.8 Å². The van der Waals surface area contributed by atoms with Crippen LogP contribution in [0.25, 0.3) is 0 Å². The molecule has 1 aromatic carbocycles. The number of piperidine rings is 1. The van der Waals surface area contributed by atoms with Gasteiger partial charge in [-0.2, -0.15) is 0 Å². The first kappa shape index (κ1) is 15.4. The van der Waals surface area contributed by atoms with Gasteiger partial charge in [0.2, 0.25) is 0 Å². The lowest BCUT2D eigenvalue weighted by Crippen LogP contribution is -2.49. The van der Waals surface area contributed by atoms with Crippen LogP contribution in [0.1, 0.15) is 24.5 Å². The Hall–Kier alpha value is -2.04. The van der Waals surface area contributed by atoms with Gasteiger partial charge in [-0.15, -0.1) is 0 Å². The summed E-state index contributed by atoms with van der Waals surface area (Å²) >= 11 is 0. The molecule has 1 aliphatic rings. The molecule has 5 heteroatoms. The third-order valence-electron chi connectivity index (χ3n) is 3.86. The van der Waals surface area contributed by atoms with Crippen molar-refractivity contribution in [2.24, 2.45) is 11.8 Å². The molecule has 0 spiro atoms. The van der Waals surface area contributed by atoms with Gasteiger partial charge in [0.05, 0.1) is 5.92 Å². The average molecular weight is 290 g/mol. The number of rotatable bonds is 3. The number of hydrogen-bond acceptors (Lipinski definition) is 2. The SMILES string of the molecule is Cc1ccc(CNC(=O)N2CC(C)CC(C(=O)O)C2)cc1. The Balaban J connectivity index is 1.90. The Labute approximate surface area is 125 Å². The molecule has 2 amide bonds. The van der Waals surface area contributed by atoms with Gasteiger partial charge in [0.1, 0.15) is 0 Å². The van der Waals surface area contributed by atoms with Crippen LogP contribution in [-0.2, 0) is 11.3 Å². The molecule has 21 heavy (non-hydrogen) atoms. The molecule has 0 aromatic heterocycles. The summed E-state index contributed by atoms with van der Waals surface area (Å²) in [6.07, 6.45) is 0.636. The smallest absolute Gasteiger partial charge is 0.317 e. The maximum absolute atomic E-state index is 12.2. The monoisotopic (exact) mass is 290 g/mol. The molecule has 1 aromatic rings. The highest BCUT2D eigenvalue weighted by atomic mass is 16.4. The molecule has 2 rings (SSSR count). The number of nitrogens with zero attached hydrogens (tertiary/aromatic N) is 1. The Morgan fingerprint density at radius 1 is 1.29 bits per heavy atom. The topological polar surface area (TPSA) is 69.6 Å². The number of hydrogen-bond donors (Lipinski definition) is 2. The van der Waals surface area contributed by atoms with Crippen LogP contribution in [0.5, 0.6) is 0 Å². The van der Waals surface area contributed by atoms with E-state index in [0.717, 1.165) is 5.56 Å². The number of carbonyl (C=O) groups is 2. The van der Waals surface area contributed by atoms with E-state index in [1.807, 2.05) is 38.1 Å². The molecule has 114 valence electrons. The number of urea groups is 1. The van der Waals surface area contributed by atoms with Crippen LogP contribution in [0.15, 0.2) is 24.3 Å². The summed E-state index contributed by atoms with van der Waals surface area (Å²) in [5.74, 6) is -1.07. The van der Waals surface area contributed by atoms with E-state index in [0.29, 0.717) is 26.1 Å².